The number of benzene rings is 2. The van der Waals surface area contributed by atoms with Gasteiger partial charge in [-0.25, -0.2) is 9.59 Å². The molecule has 1 aromatic heterocycles. The van der Waals surface area contributed by atoms with Gasteiger partial charge in [-0.1, -0.05) is 54.6 Å². The van der Waals surface area contributed by atoms with Gasteiger partial charge < -0.3 is 13.9 Å². The highest BCUT2D eigenvalue weighted by atomic mass is 35.5. The molecule has 0 aliphatic heterocycles. The average molecular weight is 371 g/mol. The van der Waals surface area contributed by atoms with Gasteiger partial charge in [0.15, 0.2) is 6.61 Å². The molecule has 3 rings (SSSR count). The number of esters is 1. The van der Waals surface area contributed by atoms with Crippen LogP contribution in [-0.2, 0) is 9.53 Å². The maximum absolute atomic E-state index is 11.9. The maximum atomic E-state index is 11.9. The van der Waals surface area contributed by atoms with Crippen molar-refractivity contribution in [1.29, 1.82) is 0 Å². The summed E-state index contributed by atoms with van der Waals surface area (Å²) in [6.45, 7) is 3.24. The Bertz CT molecular complexity index is 1010. The second-order valence-corrected chi connectivity index (χ2v) is 5.79. The van der Waals surface area contributed by atoms with Gasteiger partial charge >= 0.3 is 11.6 Å². The molecule has 3 aromatic rings. The molecule has 2 aromatic carbocycles. The summed E-state index contributed by atoms with van der Waals surface area (Å²) in [5.74, 6) is -0.330. The molecule has 0 radical (unpaired) electrons. The van der Waals surface area contributed by atoms with Crippen molar-refractivity contribution < 1.29 is 18.7 Å². The summed E-state index contributed by atoms with van der Waals surface area (Å²) in [6, 6.07) is 14.0. The second-order valence-electron chi connectivity index (χ2n) is 5.38. The van der Waals surface area contributed by atoms with Gasteiger partial charge in [0.1, 0.15) is 17.9 Å². The summed E-state index contributed by atoms with van der Waals surface area (Å²) in [5, 5.41) is 0.961. The van der Waals surface area contributed by atoms with Crippen molar-refractivity contribution in [2.45, 2.75) is 0 Å². The molecule has 0 unspecified atom stereocenters. The van der Waals surface area contributed by atoms with Crippen LogP contribution in [0.3, 0.4) is 0 Å². The van der Waals surface area contributed by atoms with Crippen LogP contribution >= 0.6 is 11.6 Å². The highest BCUT2D eigenvalue weighted by molar-refractivity contribution is 6.33. The van der Waals surface area contributed by atoms with Crippen molar-refractivity contribution in [1.82, 2.24) is 0 Å². The Hall–Kier alpha value is -3.05. The molecule has 0 amide bonds. The fourth-order valence-corrected chi connectivity index (χ4v) is 2.68. The first-order chi connectivity index (χ1) is 12.6. The molecule has 0 spiro atoms. The number of hydrogen-bond donors (Lipinski definition) is 0. The van der Waals surface area contributed by atoms with Crippen molar-refractivity contribution in [3.63, 3.8) is 0 Å². The molecule has 26 heavy (non-hydrogen) atoms. The van der Waals surface area contributed by atoms with Gasteiger partial charge in [-0.3, -0.25) is 0 Å². The summed E-state index contributed by atoms with van der Waals surface area (Å²) in [4.78, 5) is 23.5. The van der Waals surface area contributed by atoms with E-state index in [1.807, 2.05) is 30.3 Å². The lowest BCUT2D eigenvalue weighted by Gasteiger charge is -2.10. The van der Waals surface area contributed by atoms with E-state index in [2.05, 4.69) is 6.58 Å². The van der Waals surface area contributed by atoms with E-state index in [-0.39, 0.29) is 19.0 Å². The monoisotopic (exact) mass is 370 g/mol. The molecule has 6 heteroatoms. The molecule has 0 aliphatic carbocycles. The Labute approximate surface area is 154 Å². The van der Waals surface area contributed by atoms with Gasteiger partial charge in [0.25, 0.3) is 0 Å². The Kier molecular flexibility index (Phi) is 5.39. The fraction of sp³-hybridized carbons (Fsp3) is 0.100. The lowest BCUT2D eigenvalue weighted by Crippen LogP contribution is -2.15. The molecule has 0 saturated carbocycles. The first kappa shape index (κ1) is 17.8. The predicted octanol–water partition coefficient (Wildman–Crippen LogP) is 4.22. The summed E-state index contributed by atoms with van der Waals surface area (Å²) in [7, 11) is 0. The zero-order valence-corrected chi connectivity index (χ0v) is 14.5. The van der Waals surface area contributed by atoms with Crippen LogP contribution < -0.4 is 10.4 Å². The van der Waals surface area contributed by atoms with Crippen LogP contribution in [0.1, 0.15) is 0 Å². The topological polar surface area (TPSA) is 65.7 Å². The average Bonchev–Trinajstić information content (AvgIpc) is 2.65. The highest BCUT2D eigenvalue weighted by Crippen LogP contribution is 2.34. The summed E-state index contributed by atoms with van der Waals surface area (Å²) in [6.07, 6.45) is 1.46. The van der Waals surface area contributed by atoms with Crippen molar-refractivity contribution >= 4 is 28.5 Å². The van der Waals surface area contributed by atoms with E-state index in [1.165, 1.54) is 18.2 Å². The fourth-order valence-electron chi connectivity index (χ4n) is 2.46. The number of ether oxygens (including phenoxy) is 2. The smallest absolute Gasteiger partial charge is 0.344 e. The van der Waals surface area contributed by atoms with Gasteiger partial charge in [0.05, 0.1) is 5.02 Å². The second kappa shape index (κ2) is 7.89. The third-order valence-corrected chi connectivity index (χ3v) is 3.88. The Morgan fingerprint density at radius 3 is 2.69 bits per heavy atom. The minimum atomic E-state index is -0.555. The van der Waals surface area contributed by atoms with Crippen molar-refractivity contribution in [2.24, 2.45) is 0 Å². The third kappa shape index (κ3) is 3.95. The van der Waals surface area contributed by atoms with Gasteiger partial charge in [-0.05, 0) is 17.2 Å². The quantitative estimate of drug-likeness (QED) is 0.369. The Balaban J connectivity index is 1.97. The SMILES string of the molecule is C=CCOC(=O)COc1cc2oc(=O)cc(-c3ccccc3)c2cc1Cl. The zero-order valence-electron chi connectivity index (χ0n) is 13.7. The minimum absolute atomic E-state index is 0.100. The molecular formula is C20H15ClO5. The van der Waals surface area contributed by atoms with E-state index >= 15 is 0 Å². The van der Waals surface area contributed by atoms with E-state index in [4.69, 9.17) is 25.5 Å². The zero-order chi connectivity index (χ0) is 18.5. The first-order valence-corrected chi connectivity index (χ1v) is 8.18. The normalized spacial score (nSPS) is 10.5. The van der Waals surface area contributed by atoms with Gasteiger partial charge in [-0.2, -0.15) is 0 Å². The number of carbonyl (C=O) groups is 1. The van der Waals surface area contributed by atoms with Gasteiger partial charge in [0.2, 0.25) is 0 Å². The van der Waals surface area contributed by atoms with Crippen LogP contribution in [0.5, 0.6) is 5.75 Å². The Morgan fingerprint density at radius 1 is 1.19 bits per heavy atom. The number of carbonyl (C=O) groups excluding carboxylic acids is 1. The molecule has 0 saturated heterocycles. The Morgan fingerprint density at radius 2 is 1.96 bits per heavy atom. The molecule has 0 aliphatic rings. The van der Waals surface area contributed by atoms with Gasteiger partial charge in [-0.15, -0.1) is 0 Å². The van der Waals surface area contributed by atoms with E-state index < -0.39 is 11.6 Å². The molecule has 0 bridgehead atoms. The van der Waals surface area contributed by atoms with Crippen molar-refractivity contribution in [3.05, 3.63) is 76.6 Å². The number of rotatable bonds is 6. The summed E-state index contributed by atoms with van der Waals surface area (Å²) < 4.78 is 15.5. The number of hydrogen-bond acceptors (Lipinski definition) is 5. The number of fused-ring (bicyclic) bond motifs is 1. The highest BCUT2D eigenvalue weighted by Gasteiger charge is 2.13. The molecule has 0 N–H and O–H groups in total. The van der Waals surface area contributed by atoms with Crippen LogP contribution in [0.25, 0.3) is 22.1 Å². The van der Waals surface area contributed by atoms with Crippen LogP contribution in [0.15, 0.2) is 70.4 Å². The van der Waals surface area contributed by atoms with E-state index in [9.17, 15) is 9.59 Å². The van der Waals surface area contributed by atoms with Crippen LogP contribution in [-0.4, -0.2) is 19.2 Å². The summed E-state index contributed by atoms with van der Waals surface area (Å²) in [5.41, 5.74) is 1.39. The van der Waals surface area contributed by atoms with Crippen LogP contribution in [0.2, 0.25) is 5.02 Å². The van der Waals surface area contributed by atoms with Gasteiger partial charge in [0, 0.05) is 17.5 Å². The van der Waals surface area contributed by atoms with Crippen molar-refractivity contribution in [2.75, 3.05) is 13.2 Å². The largest absolute Gasteiger partial charge is 0.480 e. The summed E-state index contributed by atoms with van der Waals surface area (Å²) >= 11 is 6.28. The molecule has 1 heterocycles. The number of halogens is 1. The van der Waals surface area contributed by atoms with Crippen LogP contribution in [0.4, 0.5) is 0 Å². The predicted molar refractivity (Wildman–Crippen MR) is 99.6 cm³/mol. The lowest BCUT2D eigenvalue weighted by molar-refractivity contribution is -0.144. The molecule has 5 nitrogen and oxygen atoms in total. The molecule has 132 valence electrons. The first-order valence-electron chi connectivity index (χ1n) is 7.80. The minimum Gasteiger partial charge on any atom is -0.480 e. The van der Waals surface area contributed by atoms with Crippen LogP contribution in [0, 0.1) is 0 Å². The third-order valence-electron chi connectivity index (χ3n) is 3.59. The van der Waals surface area contributed by atoms with E-state index in [0.717, 1.165) is 5.56 Å². The lowest BCUT2D eigenvalue weighted by atomic mass is 10.0. The maximum Gasteiger partial charge on any atom is 0.344 e. The van der Waals surface area contributed by atoms with E-state index in [0.29, 0.717) is 21.6 Å². The molecule has 0 fully saturated rings. The standard InChI is InChI=1S/C20H15ClO5/c1-2-8-24-20(23)12-25-18-11-17-15(9-16(18)21)14(10-19(22)26-17)13-6-4-3-5-7-13/h2-7,9-11H,1,8,12H2. The molecular weight excluding hydrogens is 356 g/mol. The van der Waals surface area contributed by atoms with Crippen molar-refractivity contribution in [3.8, 4) is 16.9 Å². The molecule has 0 atom stereocenters. The van der Waals surface area contributed by atoms with E-state index in [1.54, 1.807) is 6.07 Å².